The summed E-state index contributed by atoms with van der Waals surface area (Å²) in [6.45, 7) is 5.47. The number of rotatable bonds is 9. The number of hydrogen-bond acceptors (Lipinski definition) is 8. The van der Waals surface area contributed by atoms with E-state index in [1.54, 1.807) is 23.3 Å². The molecule has 1 amide bonds. The van der Waals surface area contributed by atoms with Crippen molar-refractivity contribution in [2.75, 3.05) is 38.3 Å². The topological polar surface area (TPSA) is 115 Å². The van der Waals surface area contributed by atoms with Gasteiger partial charge >= 0.3 is 0 Å². The zero-order chi connectivity index (χ0) is 26.3. The third kappa shape index (κ3) is 6.87. The first-order chi connectivity index (χ1) is 18.5. The fourth-order valence-electron chi connectivity index (χ4n) is 4.74. The molecule has 2 aromatic heterocycles. The normalized spacial score (nSPS) is 17.7. The SMILES string of the molecule is Cc1cnc(NC2CCOCC2)nc1-n1cnc(C(=O)N[C@H](CNC2CCOCC2)c2cccc(Cl)c2)c1. The molecule has 0 saturated carbocycles. The monoisotopic (exact) mass is 539 g/mol. The molecule has 4 heterocycles. The molecule has 1 aromatic carbocycles. The van der Waals surface area contributed by atoms with E-state index in [0.29, 0.717) is 35.1 Å². The number of aryl methyl sites for hydroxylation is 1. The van der Waals surface area contributed by atoms with Crippen LogP contribution in [0.25, 0.3) is 5.82 Å². The number of carbonyl (C=O) groups excluding carboxylic acids is 1. The first-order valence-corrected chi connectivity index (χ1v) is 13.5. The Morgan fingerprint density at radius 3 is 2.58 bits per heavy atom. The fourth-order valence-corrected chi connectivity index (χ4v) is 4.94. The summed E-state index contributed by atoms with van der Waals surface area (Å²) >= 11 is 6.26. The number of benzene rings is 1. The molecule has 2 aliphatic heterocycles. The number of amides is 1. The molecule has 2 fully saturated rings. The largest absolute Gasteiger partial charge is 0.381 e. The third-order valence-corrected chi connectivity index (χ3v) is 7.18. The number of ether oxygens (including phenoxy) is 2. The average molecular weight is 540 g/mol. The zero-order valence-electron chi connectivity index (χ0n) is 21.5. The predicted molar refractivity (Wildman–Crippen MR) is 145 cm³/mol. The Kier molecular flexibility index (Phi) is 8.85. The van der Waals surface area contributed by atoms with E-state index in [4.69, 9.17) is 26.1 Å². The number of carbonyl (C=O) groups is 1. The Balaban J connectivity index is 1.29. The van der Waals surface area contributed by atoms with Gasteiger partial charge in [0, 0.05) is 68.0 Å². The quantitative estimate of drug-likeness (QED) is 0.379. The second-order valence-corrected chi connectivity index (χ2v) is 10.2. The highest BCUT2D eigenvalue weighted by molar-refractivity contribution is 6.30. The standard InChI is InChI=1S/C27H34ClN7O3/c1-18-14-30-27(32-22-7-11-38-12-8-22)34-25(18)35-16-24(31-17-35)26(36)33-23(19-3-2-4-20(28)13-19)15-29-21-5-9-37-10-6-21/h2-4,13-14,16-17,21-23,29H,5-12,15H2,1H3,(H,33,36)(H,30,32,34)/t23-/m1/s1. The van der Waals surface area contributed by atoms with E-state index >= 15 is 0 Å². The van der Waals surface area contributed by atoms with Gasteiger partial charge in [-0.2, -0.15) is 4.98 Å². The van der Waals surface area contributed by atoms with Gasteiger partial charge in [0.2, 0.25) is 5.95 Å². The van der Waals surface area contributed by atoms with Gasteiger partial charge in [-0.3, -0.25) is 9.36 Å². The Hall–Kier alpha value is -3.05. The molecule has 1 atom stereocenters. The number of anilines is 1. The Bertz CT molecular complexity index is 1220. The molecule has 2 saturated heterocycles. The molecule has 5 rings (SSSR count). The van der Waals surface area contributed by atoms with Gasteiger partial charge in [-0.05, 0) is 50.3 Å². The molecule has 0 spiro atoms. The molecule has 0 radical (unpaired) electrons. The van der Waals surface area contributed by atoms with Crippen molar-refractivity contribution in [1.82, 2.24) is 30.2 Å². The summed E-state index contributed by atoms with van der Waals surface area (Å²) in [6, 6.07) is 7.93. The minimum Gasteiger partial charge on any atom is -0.381 e. The smallest absolute Gasteiger partial charge is 0.272 e. The highest BCUT2D eigenvalue weighted by atomic mass is 35.5. The van der Waals surface area contributed by atoms with Crippen LogP contribution in [-0.4, -0.2) is 70.5 Å². The molecule has 0 bridgehead atoms. The van der Waals surface area contributed by atoms with Crippen LogP contribution in [0.5, 0.6) is 0 Å². The Morgan fingerprint density at radius 1 is 1.11 bits per heavy atom. The van der Waals surface area contributed by atoms with Gasteiger partial charge < -0.3 is 25.4 Å². The van der Waals surface area contributed by atoms with Crippen LogP contribution in [-0.2, 0) is 9.47 Å². The van der Waals surface area contributed by atoms with Crippen molar-refractivity contribution in [2.45, 2.75) is 50.7 Å². The number of halogens is 1. The average Bonchev–Trinajstić information content (AvgIpc) is 3.43. The van der Waals surface area contributed by atoms with E-state index in [0.717, 1.165) is 63.2 Å². The van der Waals surface area contributed by atoms with E-state index < -0.39 is 0 Å². The minimum absolute atomic E-state index is 0.269. The van der Waals surface area contributed by atoms with Crippen LogP contribution in [0.4, 0.5) is 5.95 Å². The van der Waals surface area contributed by atoms with Crippen LogP contribution in [0, 0.1) is 6.92 Å². The summed E-state index contributed by atoms with van der Waals surface area (Å²) in [5, 5.41) is 10.7. The van der Waals surface area contributed by atoms with E-state index in [-0.39, 0.29) is 18.0 Å². The van der Waals surface area contributed by atoms with Crippen molar-refractivity contribution in [1.29, 1.82) is 0 Å². The van der Waals surface area contributed by atoms with Gasteiger partial charge in [0.15, 0.2) is 0 Å². The number of imidazole rings is 1. The second-order valence-electron chi connectivity index (χ2n) is 9.77. The van der Waals surface area contributed by atoms with E-state index in [1.807, 2.05) is 31.2 Å². The van der Waals surface area contributed by atoms with Gasteiger partial charge in [0.1, 0.15) is 17.8 Å². The lowest BCUT2D eigenvalue weighted by Gasteiger charge is -2.26. The molecular weight excluding hydrogens is 506 g/mol. The van der Waals surface area contributed by atoms with E-state index in [2.05, 4.69) is 25.9 Å². The van der Waals surface area contributed by atoms with Crippen LogP contribution in [0.3, 0.4) is 0 Å². The van der Waals surface area contributed by atoms with Crippen molar-refractivity contribution >= 4 is 23.5 Å². The van der Waals surface area contributed by atoms with Gasteiger partial charge in [0.25, 0.3) is 5.91 Å². The Labute approximate surface area is 227 Å². The molecule has 3 aromatic rings. The second kappa shape index (κ2) is 12.7. The van der Waals surface area contributed by atoms with Crippen LogP contribution in [0.1, 0.15) is 53.3 Å². The fraction of sp³-hybridized carbons (Fsp3) is 0.481. The van der Waals surface area contributed by atoms with Gasteiger partial charge in [-0.15, -0.1) is 0 Å². The van der Waals surface area contributed by atoms with Crippen molar-refractivity contribution in [2.24, 2.45) is 0 Å². The molecule has 10 nitrogen and oxygen atoms in total. The summed E-state index contributed by atoms with van der Waals surface area (Å²) in [5.41, 5.74) is 2.12. The maximum absolute atomic E-state index is 13.3. The molecular formula is C27H34ClN7O3. The molecule has 0 aliphatic carbocycles. The predicted octanol–water partition coefficient (Wildman–Crippen LogP) is 3.45. The zero-order valence-corrected chi connectivity index (χ0v) is 22.3. The van der Waals surface area contributed by atoms with Crippen molar-refractivity contribution in [3.63, 3.8) is 0 Å². The van der Waals surface area contributed by atoms with Crippen molar-refractivity contribution < 1.29 is 14.3 Å². The highest BCUT2D eigenvalue weighted by Gasteiger charge is 2.21. The molecule has 11 heteroatoms. The van der Waals surface area contributed by atoms with Crippen molar-refractivity contribution in [3.05, 3.63) is 64.8 Å². The van der Waals surface area contributed by atoms with Crippen LogP contribution >= 0.6 is 11.6 Å². The molecule has 0 unspecified atom stereocenters. The molecule has 38 heavy (non-hydrogen) atoms. The Morgan fingerprint density at radius 2 is 1.84 bits per heavy atom. The lowest BCUT2D eigenvalue weighted by molar-refractivity contribution is 0.0766. The van der Waals surface area contributed by atoms with Gasteiger partial charge in [-0.25, -0.2) is 9.97 Å². The molecule has 3 N–H and O–H groups in total. The van der Waals surface area contributed by atoms with Crippen LogP contribution in [0.2, 0.25) is 5.02 Å². The highest BCUT2D eigenvalue weighted by Crippen LogP contribution is 2.20. The van der Waals surface area contributed by atoms with Gasteiger partial charge in [0.05, 0.1) is 6.04 Å². The van der Waals surface area contributed by atoms with E-state index in [9.17, 15) is 4.79 Å². The summed E-state index contributed by atoms with van der Waals surface area (Å²) in [5.74, 6) is 0.959. The third-order valence-electron chi connectivity index (χ3n) is 6.95. The van der Waals surface area contributed by atoms with Crippen LogP contribution < -0.4 is 16.0 Å². The number of hydrogen-bond donors (Lipinski definition) is 3. The number of nitrogens with one attached hydrogen (secondary N) is 3. The summed E-state index contributed by atoms with van der Waals surface area (Å²) in [6.07, 6.45) is 8.81. The lowest BCUT2D eigenvalue weighted by atomic mass is 10.0. The first-order valence-electron chi connectivity index (χ1n) is 13.1. The number of nitrogens with zero attached hydrogens (tertiary/aromatic N) is 4. The first kappa shape index (κ1) is 26.6. The van der Waals surface area contributed by atoms with E-state index in [1.165, 1.54) is 0 Å². The summed E-state index contributed by atoms with van der Waals surface area (Å²) in [4.78, 5) is 26.8. The molecule has 2 aliphatic rings. The maximum atomic E-state index is 13.3. The lowest BCUT2D eigenvalue weighted by Crippen LogP contribution is -2.41. The summed E-state index contributed by atoms with van der Waals surface area (Å²) in [7, 11) is 0. The van der Waals surface area contributed by atoms with Gasteiger partial charge in [-0.1, -0.05) is 23.7 Å². The van der Waals surface area contributed by atoms with Crippen molar-refractivity contribution in [3.8, 4) is 5.82 Å². The number of aromatic nitrogens is 4. The maximum Gasteiger partial charge on any atom is 0.272 e. The minimum atomic E-state index is -0.273. The van der Waals surface area contributed by atoms with Crippen LogP contribution in [0.15, 0.2) is 43.0 Å². The molecule has 202 valence electrons. The summed E-state index contributed by atoms with van der Waals surface area (Å²) < 4.78 is 12.7.